The van der Waals surface area contributed by atoms with Gasteiger partial charge in [-0.25, -0.2) is 9.13 Å². The van der Waals surface area contributed by atoms with Crippen LogP contribution in [-0.2, 0) is 65.4 Å². The van der Waals surface area contributed by atoms with Crippen LogP contribution in [0.3, 0.4) is 0 Å². The largest absolute Gasteiger partial charge is 0.472 e. The maximum Gasteiger partial charge on any atom is 0.472 e. The second kappa shape index (κ2) is 79.0. The van der Waals surface area contributed by atoms with Crippen molar-refractivity contribution in [2.75, 3.05) is 39.6 Å². The van der Waals surface area contributed by atoms with Crippen molar-refractivity contribution >= 4 is 39.5 Å². The van der Waals surface area contributed by atoms with E-state index in [9.17, 15) is 43.2 Å². The summed E-state index contributed by atoms with van der Waals surface area (Å²) in [4.78, 5) is 73.0. The van der Waals surface area contributed by atoms with Crippen LogP contribution < -0.4 is 0 Å². The molecule has 0 aromatic heterocycles. The number of hydrogen-bond donors (Lipinski definition) is 3. The molecule has 17 nitrogen and oxygen atoms in total. The van der Waals surface area contributed by atoms with Crippen LogP contribution in [0.2, 0.25) is 0 Å². The van der Waals surface area contributed by atoms with E-state index >= 15 is 0 Å². The van der Waals surface area contributed by atoms with Gasteiger partial charge in [0, 0.05) is 25.7 Å². The minimum absolute atomic E-state index is 0.00197. The fraction of sp³-hybridized carbons (Fsp3) is 0.596. The lowest BCUT2D eigenvalue weighted by atomic mass is 10.1. The quantitative estimate of drug-likeness (QED) is 0.0169. The van der Waals surface area contributed by atoms with Crippen molar-refractivity contribution in [3.8, 4) is 0 Å². The van der Waals surface area contributed by atoms with E-state index in [1.165, 1.54) is 57.8 Å². The Labute approximate surface area is 653 Å². The molecule has 0 aromatic rings. The summed E-state index contributed by atoms with van der Waals surface area (Å²) in [6.07, 6.45) is 97.2. The van der Waals surface area contributed by atoms with Gasteiger partial charge >= 0.3 is 39.5 Å². The number of esters is 4. The normalized spacial score (nSPS) is 14.8. The molecule has 0 fully saturated rings. The van der Waals surface area contributed by atoms with Gasteiger partial charge in [-0.3, -0.25) is 37.3 Å². The van der Waals surface area contributed by atoms with Crippen molar-refractivity contribution in [2.45, 2.75) is 303 Å². The van der Waals surface area contributed by atoms with Crippen LogP contribution in [0.1, 0.15) is 285 Å². The van der Waals surface area contributed by atoms with Gasteiger partial charge in [-0.05, 0) is 173 Å². The molecule has 0 amide bonds. The molecule has 0 saturated heterocycles. The van der Waals surface area contributed by atoms with Gasteiger partial charge < -0.3 is 33.8 Å². The van der Waals surface area contributed by atoms with Gasteiger partial charge in [0.2, 0.25) is 0 Å². The molecule has 0 aliphatic rings. The van der Waals surface area contributed by atoms with Crippen LogP contribution in [-0.4, -0.2) is 96.7 Å². The number of phosphoric acid groups is 2. The van der Waals surface area contributed by atoms with E-state index < -0.39 is 97.5 Å². The molecule has 108 heavy (non-hydrogen) atoms. The maximum absolute atomic E-state index is 13.1. The lowest BCUT2D eigenvalue weighted by Gasteiger charge is -2.21. The number of allylic oxidation sites excluding steroid dienone is 32. The maximum atomic E-state index is 13.1. The third kappa shape index (κ3) is 78.0. The summed E-state index contributed by atoms with van der Waals surface area (Å²) in [7, 11) is -10.0. The minimum Gasteiger partial charge on any atom is -0.462 e. The number of carbonyl (C=O) groups excluding carboxylic acids is 4. The second-order valence-electron chi connectivity index (χ2n) is 26.3. The molecular weight excluding hydrogens is 1400 g/mol. The first kappa shape index (κ1) is 102. The molecule has 0 spiro atoms. The molecule has 0 rings (SSSR count). The number of aliphatic hydroxyl groups is 1. The van der Waals surface area contributed by atoms with E-state index in [4.69, 9.17) is 37.0 Å². The number of ether oxygens (including phenoxy) is 4. The van der Waals surface area contributed by atoms with Gasteiger partial charge in [-0.1, -0.05) is 280 Å². The summed E-state index contributed by atoms with van der Waals surface area (Å²) in [5.74, 6) is -2.44. The molecular formula is C89H142O17P2. The molecule has 0 heterocycles. The summed E-state index contributed by atoms with van der Waals surface area (Å²) >= 11 is 0. The molecule has 0 aromatic carbocycles. The Morgan fingerprint density at radius 1 is 0.269 bits per heavy atom. The van der Waals surface area contributed by atoms with Gasteiger partial charge in [0.15, 0.2) is 12.2 Å². The summed E-state index contributed by atoms with van der Waals surface area (Å²) < 4.78 is 68.4. The summed E-state index contributed by atoms with van der Waals surface area (Å²) in [6, 6.07) is 0. The second-order valence-corrected chi connectivity index (χ2v) is 29.2. The van der Waals surface area contributed by atoms with Crippen LogP contribution in [0.15, 0.2) is 194 Å². The van der Waals surface area contributed by atoms with Gasteiger partial charge in [0.05, 0.1) is 26.4 Å². The summed E-state index contributed by atoms with van der Waals surface area (Å²) in [6.45, 7) is 4.42. The SMILES string of the molecule is CC/C=C\C/C=C\C/C=C\C/C=C\C/C=C\C/C=C\CCC(=O)OC[C@H](COP(=O)(O)OC[C@@H](O)COP(=O)(O)OC[C@@H](COC(=O)CCC/C=C\C/C=C\C/C=C\C/C=C\CCCCC)OC(=O)CCC/C=C\C/C=C\C/C=C\C/C=C\CCCCC)OC(=O)CCCCCCC/C=C\C/C=C\CCCCC. The van der Waals surface area contributed by atoms with E-state index in [-0.39, 0.29) is 25.7 Å². The average molecular weight is 1550 g/mol. The molecule has 3 N–H and O–H groups in total. The predicted octanol–water partition coefficient (Wildman–Crippen LogP) is 24.1. The van der Waals surface area contributed by atoms with Crippen molar-refractivity contribution in [1.82, 2.24) is 0 Å². The van der Waals surface area contributed by atoms with Crippen LogP contribution in [0.4, 0.5) is 0 Å². The molecule has 2 unspecified atom stereocenters. The Hall–Kier alpha value is -6.10. The van der Waals surface area contributed by atoms with Gasteiger partial charge in [0.25, 0.3) is 0 Å². The first-order valence-corrected chi connectivity index (χ1v) is 43.7. The topological polar surface area (TPSA) is 237 Å². The van der Waals surface area contributed by atoms with Crippen LogP contribution >= 0.6 is 15.6 Å². The lowest BCUT2D eigenvalue weighted by Crippen LogP contribution is -2.30. The molecule has 0 bridgehead atoms. The number of phosphoric ester groups is 2. The van der Waals surface area contributed by atoms with Crippen molar-refractivity contribution in [2.24, 2.45) is 0 Å². The Bertz CT molecular complexity index is 2810. The highest BCUT2D eigenvalue weighted by molar-refractivity contribution is 7.47. The number of hydrogen-bond acceptors (Lipinski definition) is 15. The number of aliphatic hydroxyl groups excluding tert-OH is 1. The fourth-order valence-electron chi connectivity index (χ4n) is 9.85. The van der Waals surface area contributed by atoms with E-state index in [1.54, 1.807) is 0 Å². The van der Waals surface area contributed by atoms with Crippen LogP contribution in [0.25, 0.3) is 0 Å². The fourth-order valence-corrected chi connectivity index (χ4v) is 11.4. The third-order valence-electron chi connectivity index (χ3n) is 16.0. The highest BCUT2D eigenvalue weighted by Gasteiger charge is 2.30. The standard InChI is InChI=1S/C89H142O17P2/c1-5-9-13-17-21-25-29-33-37-40-41-44-47-50-54-58-62-66-70-74-87(92)100-79-84(105-88(93)75-71-67-63-59-55-51-45-36-32-28-24-20-16-12-8-4)81-103-107(95,96)101-77-83(90)78-102-108(97,98)104-82-85(106-89(94)76-72-68-64-60-56-52-48-43-39-35-31-27-23-19-15-11-7-3)80-99-86(91)73-69-65-61-57-53-49-46-42-38-34-30-26-22-18-14-10-6-2/h9,13,21-28,33-39,41,44-46,48-50,52,54,57,60-62,64,66,83-85,90H,5-8,10-12,14-20,29-32,40,42-43,47,51,53,55-56,58-59,63,65,67-82H2,1-4H3,(H,95,96)(H,97,98)/b13-9-,25-21-,26-22-,27-23-,28-24-,37-33-,38-34-,39-35-,44-41-,45-36-,49-46-,52-48-,54-50-,61-57-,64-60-,66-62-/t83-,84-,85-/m1/s1. The first-order chi connectivity index (χ1) is 52.7. The van der Waals surface area contributed by atoms with E-state index in [1.807, 2.05) is 42.5 Å². The van der Waals surface area contributed by atoms with Gasteiger partial charge in [0.1, 0.15) is 19.3 Å². The third-order valence-corrected chi connectivity index (χ3v) is 17.9. The Morgan fingerprint density at radius 3 is 0.833 bits per heavy atom. The Morgan fingerprint density at radius 2 is 0.509 bits per heavy atom. The number of carbonyl (C=O) groups is 4. The minimum atomic E-state index is -5.02. The molecule has 19 heteroatoms. The molecule has 0 aliphatic heterocycles. The van der Waals surface area contributed by atoms with Crippen molar-refractivity contribution in [3.05, 3.63) is 194 Å². The average Bonchev–Trinajstić information content (AvgIpc) is 0.901. The number of unbranched alkanes of at least 4 members (excludes halogenated alkanes) is 16. The van der Waals surface area contributed by atoms with Crippen molar-refractivity contribution in [1.29, 1.82) is 0 Å². The van der Waals surface area contributed by atoms with E-state index in [2.05, 4.69) is 180 Å². The molecule has 0 radical (unpaired) electrons. The summed E-state index contributed by atoms with van der Waals surface area (Å²) in [5, 5.41) is 10.6. The van der Waals surface area contributed by atoms with Crippen LogP contribution in [0.5, 0.6) is 0 Å². The Kier molecular flexibility index (Phi) is 74.5. The first-order valence-electron chi connectivity index (χ1n) is 40.7. The van der Waals surface area contributed by atoms with Crippen molar-refractivity contribution in [3.63, 3.8) is 0 Å². The zero-order valence-corrected chi connectivity index (χ0v) is 68.5. The van der Waals surface area contributed by atoms with Gasteiger partial charge in [-0.15, -0.1) is 0 Å². The highest BCUT2D eigenvalue weighted by Crippen LogP contribution is 2.45. The number of rotatable bonds is 74. The smallest absolute Gasteiger partial charge is 0.462 e. The molecule has 610 valence electrons. The molecule has 0 aliphatic carbocycles. The molecule has 0 saturated carbocycles. The highest BCUT2D eigenvalue weighted by atomic mass is 31.2. The zero-order chi connectivity index (χ0) is 78.9. The van der Waals surface area contributed by atoms with Crippen LogP contribution in [0, 0.1) is 0 Å². The van der Waals surface area contributed by atoms with Crippen molar-refractivity contribution < 1.29 is 80.2 Å². The van der Waals surface area contributed by atoms with E-state index in [0.717, 1.165) is 128 Å². The zero-order valence-electron chi connectivity index (χ0n) is 66.7. The van der Waals surface area contributed by atoms with Gasteiger partial charge in [-0.2, -0.15) is 0 Å². The lowest BCUT2D eigenvalue weighted by molar-refractivity contribution is -0.161. The molecule has 5 atom stereocenters. The monoisotopic (exact) mass is 1540 g/mol. The van der Waals surface area contributed by atoms with E-state index in [0.29, 0.717) is 44.9 Å². The summed E-state index contributed by atoms with van der Waals surface area (Å²) in [5.41, 5.74) is 0. The predicted molar refractivity (Wildman–Crippen MR) is 445 cm³/mol. The Balaban J connectivity index is 5.57.